The van der Waals surface area contributed by atoms with Crippen LogP contribution in [0.25, 0.3) is 0 Å². The molecule has 3 rings (SSSR count). The van der Waals surface area contributed by atoms with Gasteiger partial charge in [0, 0.05) is 32.3 Å². The number of carbonyl (C=O) groups is 2. The molecule has 0 spiro atoms. The van der Waals surface area contributed by atoms with Gasteiger partial charge < -0.3 is 19.9 Å². The van der Waals surface area contributed by atoms with Gasteiger partial charge in [-0.15, -0.1) is 0 Å². The fraction of sp³-hybridized carbons (Fsp3) is 0.529. The van der Waals surface area contributed by atoms with Crippen LogP contribution in [0.1, 0.15) is 18.4 Å². The summed E-state index contributed by atoms with van der Waals surface area (Å²) in [6, 6.07) is 7.71. The van der Waals surface area contributed by atoms with Gasteiger partial charge in [-0.05, 0) is 31.0 Å². The first-order chi connectivity index (χ1) is 11.1. The van der Waals surface area contributed by atoms with Crippen LogP contribution in [0.2, 0.25) is 0 Å². The van der Waals surface area contributed by atoms with Crippen LogP contribution in [0.3, 0.4) is 0 Å². The first-order valence-electron chi connectivity index (χ1n) is 8.03. The normalized spacial score (nSPS) is 23.3. The lowest BCUT2D eigenvalue weighted by molar-refractivity contribution is -0.129. The minimum Gasteiger partial charge on any atom is -0.383 e. The Morgan fingerprint density at radius 2 is 2.22 bits per heavy atom. The van der Waals surface area contributed by atoms with E-state index in [1.54, 1.807) is 12.0 Å². The molecule has 2 atom stereocenters. The maximum absolute atomic E-state index is 12.6. The molecule has 1 aromatic carbocycles. The van der Waals surface area contributed by atoms with Crippen molar-refractivity contribution in [1.82, 2.24) is 9.80 Å². The highest BCUT2D eigenvalue weighted by Gasteiger charge is 2.48. The Kier molecular flexibility index (Phi) is 4.52. The highest BCUT2D eigenvalue weighted by atomic mass is 16.5. The van der Waals surface area contributed by atoms with Gasteiger partial charge in [-0.3, -0.25) is 4.79 Å². The van der Waals surface area contributed by atoms with Crippen molar-refractivity contribution in [2.75, 3.05) is 32.1 Å². The number of rotatable bonds is 4. The highest BCUT2D eigenvalue weighted by Crippen LogP contribution is 2.32. The molecule has 2 saturated heterocycles. The molecule has 2 heterocycles. The van der Waals surface area contributed by atoms with Gasteiger partial charge in [-0.25, -0.2) is 4.79 Å². The Bertz CT molecular complexity index is 605. The summed E-state index contributed by atoms with van der Waals surface area (Å²) in [5.74, 6) is 0.116. The number of benzene rings is 1. The first kappa shape index (κ1) is 15.8. The molecule has 0 aromatic heterocycles. The molecular weight excluding hydrogens is 294 g/mol. The van der Waals surface area contributed by atoms with Crippen LogP contribution >= 0.6 is 0 Å². The van der Waals surface area contributed by atoms with E-state index in [-0.39, 0.29) is 24.0 Å². The number of nitrogens with zero attached hydrogens (tertiary/aromatic N) is 2. The van der Waals surface area contributed by atoms with Gasteiger partial charge in [0.25, 0.3) is 0 Å². The topological polar surface area (TPSA) is 61.9 Å². The van der Waals surface area contributed by atoms with Gasteiger partial charge in [0.1, 0.15) is 0 Å². The molecule has 6 heteroatoms. The van der Waals surface area contributed by atoms with Crippen molar-refractivity contribution in [1.29, 1.82) is 0 Å². The number of aryl methyl sites for hydroxylation is 1. The molecule has 124 valence electrons. The Morgan fingerprint density at radius 3 is 2.96 bits per heavy atom. The molecule has 0 unspecified atom stereocenters. The molecule has 2 aliphatic heterocycles. The third-order valence-corrected chi connectivity index (χ3v) is 4.68. The van der Waals surface area contributed by atoms with Gasteiger partial charge >= 0.3 is 6.03 Å². The molecule has 3 amide bonds. The maximum Gasteiger partial charge on any atom is 0.322 e. The molecule has 2 aliphatic rings. The van der Waals surface area contributed by atoms with E-state index in [9.17, 15) is 9.59 Å². The second-order valence-electron chi connectivity index (χ2n) is 6.20. The van der Waals surface area contributed by atoms with Gasteiger partial charge in [-0.1, -0.05) is 12.1 Å². The van der Waals surface area contributed by atoms with Gasteiger partial charge in [0.2, 0.25) is 5.91 Å². The van der Waals surface area contributed by atoms with Crippen molar-refractivity contribution in [3.8, 4) is 0 Å². The van der Waals surface area contributed by atoms with E-state index in [0.717, 1.165) is 17.7 Å². The van der Waals surface area contributed by atoms with E-state index in [1.165, 1.54) is 0 Å². The van der Waals surface area contributed by atoms with Crippen molar-refractivity contribution in [2.24, 2.45) is 0 Å². The predicted molar refractivity (Wildman–Crippen MR) is 87.3 cm³/mol. The lowest BCUT2D eigenvalue weighted by Crippen LogP contribution is -2.42. The third-order valence-electron chi connectivity index (χ3n) is 4.68. The second-order valence-corrected chi connectivity index (χ2v) is 6.20. The number of anilines is 1. The lowest BCUT2D eigenvalue weighted by Gasteiger charge is -2.25. The molecule has 0 bridgehead atoms. The second kappa shape index (κ2) is 6.58. The van der Waals surface area contributed by atoms with Crippen LogP contribution in [-0.4, -0.2) is 60.6 Å². The van der Waals surface area contributed by atoms with Crippen LogP contribution in [0, 0.1) is 6.92 Å². The zero-order chi connectivity index (χ0) is 16.4. The number of ether oxygens (including phenoxy) is 1. The SMILES string of the molecule is COCCN1C(=O)C[C@@H]2[C@@H]1CCN2C(=O)Nc1cccc(C)c1. The van der Waals surface area contributed by atoms with Crippen LogP contribution in [0.5, 0.6) is 0 Å². The van der Waals surface area contributed by atoms with Crippen molar-refractivity contribution >= 4 is 17.6 Å². The zero-order valence-electron chi connectivity index (χ0n) is 13.6. The van der Waals surface area contributed by atoms with Gasteiger partial charge in [-0.2, -0.15) is 0 Å². The Morgan fingerprint density at radius 1 is 1.39 bits per heavy atom. The summed E-state index contributed by atoms with van der Waals surface area (Å²) in [7, 11) is 1.63. The summed E-state index contributed by atoms with van der Waals surface area (Å²) < 4.78 is 5.08. The van der Waals surface area contributed by atoms with Crippen LogP contribution in [0.15, 0.2) is 24.3 Å². The maximum atomic E-state index is 12.6. The summed E-state index contributed by atoms with van der Waals surface area (Å²) in [5, 5.41) is 2.94. The number of carbonyl (C=O) groups excluding carboxylic acids is 2. The Balaban J connectivity index is 1.66. The molecule has 6 nitrogen and oxygen atoms in total. The minimum absolute atomic E-state index is 0.0239. The largest absolute Gasteiger partial charge is 0.383 e. The highest BCUT2D eigenvalue weighted by molar-refractivity contribution is 5.91. The van der Waals surface area contributed by atoms with Crippen LogP contribution in [-0.2, 0) is 9.53 Å². The van der Waals surface area contributed by atoms with E-state index in [0.29, 0.717) is 26.1 Å². The summed E-state index contributed by atoms with van der Waals surface area (Å²) >= 11 is 0. The van der Waals surface area contributed by atoms with Crippen molar-refractivity contribution in [3.05, 3.63) is 29.8 Å². The quantitative estimate of drug-likeness (QED) is 0.922. The van der Waals surface area contributed by atoms with Crippen molar-refractivity contribution in [2.45, 2.75) is 31.8 Å². The Labute approximate surface area is 136 Å². The smallest absolute Gasteiger partial charge is 0.322 e. The number of hydrogen-bond acceptors (Lipinski definition) is 3. The van der Waals surface area contributed by atoms with E-state index < -0.39 is 0 Å². The molecule has 2 fully saturated rings. The molecular formula is C17H23N3O3. The van der Waals surface area contributed by atoms with Crippen molar-refractivity contribution in [3.63, 3.8) is 0 Å². The van der Waals surface area contributed by atoms with E-state index in [1.807, 2.05) is 36.1 Å². The summed E-state index contributed by atoms with van der Waals surface area (Å²) in [6.45, 7) is 3.81. The number of amides is 3. The molecule has 23 heavy (non-hydrogen) atoms. The first-order valence-corrected chi connectivity index (χ1v) is 8.03. The molecule has 1 N–H and O–H groups in total. The number of fused-ring (bicyclic) bond motifs is 1. The third kappa shape index (κ3) is 3.17. The fourth-order valence-electron chi connectivity index (χ4n) is 3.58. The molecule has 1 aromatic rings. The van der Waals surface area contributed by atoms with E-state index in [2.05, 4.69) is 5.32 Å². The van der Waals surface area contributed by atoms with Crippen LogP contribution in [0.4, 0.5) is 10.5 Å². The number of likely N-dealkylation sites (tertiary alicyclic amines) is 2. The number of hydrogen-bond donors (Lipinski definition) is 1. The fourth-order valence-corrected chi connectivity index (χ4v) is 3.58. The minimum atomic E-state index is -0.121. The van der Waals surface area contributed by atoms with Crippen LogP contribution < -0.4 is 5.32 Å². The van der Waals surface area contributed by atoms with Gasteiger partial charge in [0.15, 0.2) is 0 Å². The average molecular weight is 317 g/mol. The summed E-state index contributed by atoms with van der Waals surface area (Å²) in [6.07, 6.45) is 1.25. The lowest BCUT2D eigenvalue weighted by atomic mass is 10.1. The van der Waals surface area contributed by atoms with Gasteiger partial charge in [0.05, 0.1) is 18.7 Å². The number of urea groups is 1. The molecule has 0 saturated carbocycles. The summed E-state index contributed by atoms with van der Waals surface area (Å²) in [4.78, 5) is 28.4. The van der Waals surface area contributed by atoms with Crippen molar-refractivity contribution < 1.29 is 14.3 Å². The van der Waals surface area contributed by atoms with E-state index in [4.69, 9.17) is 4.74 Å². The summed E-state index contributed by atoms with van der Waals surface area (Å²) in [5.41, 5.74) is 1.89. The monoisotopic (exact) mass is 317 g/mol. The number of nitrogens with one attached hydrogen (secondary N) is 1. The average Bonchev–Trinajstić information content (AvgIpc) is 3.03. The Hall–Kier alpha value is -2.08. The standard InChI is InChI=1S/C17H23N3O3/c1-12-4-3-5-13(10-12)18-17(22)20-7-6-14-15(20)11-16(21)19(14)8-9-23-2/h3-5,10,14-15H,6-9,11H2,1-2H3,(H,18,22)/t14-,15+/m0/s1. The predicted octanol–water partition coefficient (Wildman–Crippen LogP) is 1.85. The zero-order valence-corrected chi connectivity index (χ0v) is 13.6. The molecule has 0 aliphatic carbocycles. The molecule has 0 radical (unpaired) electrons. The van der Waals surface area contributed by atoms with E-state index >= 15 is 0 Å². The number of methoxy groups -OCH3 is 1.